The van der Waals surface area contributed by atoms with Crippen LogP contribution in [0.15, 0.2) is 0 Å². The van der Waals surface area contributed by atoms with Crippen molar-refractivity contribution < 1.29 is 28.2 Å². The molecular weight excluding hydrogens is 277 g/mol. The van der Waals surface area contributed by atoms with E-state index in [2.05, 4.69) is 0 Å². The fourth-order valence-corrected chi connectivity index (χ4v) is 3.83. The molecule has 0 aromatic carbocycles. The summed E-state index contributed by atoms with van der Waals surface area (Å²) < 4.78 is 32.8. The molecule has 2 radical (unpaired) electrons. The number of hydrogen-bond donors (Lipinski definition) is 2. The summed E-state index contributed by atoms with van der Waals surface area (Å²) in [6.45, 7) is 4.08. The average Bonchev–Trinajstić information content (AvgIpc) is 2.39. The lowest BCUT2D eigenvalue weighted by Crippen LogP contribution is -2.27. The quantitative estimate of drug-likeness (QED) is 0.577. The maximum atomic E-state index is 11.5. The molecule has 1 aliphatic heterocycles. The molecule has 4 unspecified atom stereocenters. The molecule has 6 atom stereocenters. The van der Waals surface area contributed by atoms with Crippen molar-refractivity contribution in [3.63, 3.8) is 0 Å². The fourth-order valence-electron chi connectivity index (χ4n) is 2.06. The van der Waals surface area contributed by atoms with Crippen molar-refractivity contribution in [3.8, 4) is 0 Å². The van der Waals surface area contributed by atoms with Crippen LogP contribution < -0.4 is 0 Å². The smallest absolute Gasteiger partial charge is 0.325 e. The topological polar surface area (TPSA) is 93.1 Å². The van der Waals surface area contributed by atoms with Gasteiger partial charge in [-0.2, -0.15) is 0 Å². The van der Waals surface area contributed by atoms with Crippen LogP contribution in [-0.2, 0) is 18.4 Å². The van der Waals surface area contributed by atoms with Gasteiger partial charge < -0.3 is 19.0 Å². The molecule has 1 aliphatic rings. The van der Waals surface area contributed by atoms with E-state index in [1.165, 1.54) is 6.66 Å². The van der Waals surface area contributed by atoms with Gasteiger partial charge in [0.2, 0.25) is 0 Å². The third-order valence-corrected chi connectivity index (χ3v) is 4.76. The van der Waals surface area contributed by atoms with Crippen molar-refractivity contribution >= 4 is 22.8 Å². The lowest BCUT2D eigenvalue weighted by atomic mass is 9.82. The van der Waals surface area contributed by atoms with Crippen LogP contribution in [0.4, 0.5) is 0 Å². The number of rotatable bonds is 5. The third kappa shape index (κ3) is 5.16. The molecule has 2 N–H and O–H groups in total. The molecule has 1 saturated heterocycles. The summed E-state index contributed by atoms with van der Waals surface area (Å²) in [6.07, 6.45) is -0.467. The Hall–Kier alpha value is 0.365. The van der Waals surface area contributed by atoms with E-state index in [1.807, 2.05) is 6.92 Å². The van der Waals surface area contributed by atoms with E-state index in [0.29, 0.717) is 0 Å². The number of ether oxygens (including phenoxy) is 1. The van der Waals surface area contributed by atoms with Crippen LogP contribution in [0.5, 0.6) is 0 Å². The Morgan fingerprint density at radius 3 is 2.33 bits per heavy atom. The van der Waals surface area contributed by atoms with Crippen LogP contribution in [0.25, 0.3) is 0 Å². The van der Waals surface area contributed by atoms with Gasteiger partial charge in [0.15, 0.2) is 7.37 Å². The summed E-state index contributed by atoms with van der Waals surface area (Å²) in [5.41, 5.74) is 0. The van der Waals surface area contributed by atoms with Crippen LogP contribution in [0.2, 0.25) is 0 Å². The minimum atomic E-state index is -3.59. The first-order valence-electron chi connectivity index (χ1n) is 5.65. The molecule has 0 amide bonds. The second-order valence-electron chi connectivity index (χ2n) is 4.99. The Morgan fingerprint density at radius 2 is 1.89 bits per heavy atom. The molecular formula is C9H19BO6P2. The standard InChI is InChI=1S/C9H19BO6P2/c1-6-7(5-17(2,11)12)8(16-9(6)10)4-15-18(3,13)14/h6-9H,4-5H2,1-3H3,(H,11,12)(H,13,14)/t6?,7?,8-,9-/m1/s1. The molecule has 1 heterocycles. The summed E-state index contributed by atoms with van der Waals surface area (Å²) in [7, 11) is -1.05. The lowest BCUT2D eigenvalue weighted by molar-refractivity contribution is 0.0337. The highest BCUT2D eigenvalue weighted by Crippen LogP contribution is 2.46. The summed E-state index contributed by atoms with van der Waals surface area (Å²) >= 11 is 0. The monoisotopic (exact) mass is 296 g/mol. The first kappa shape index (κ1) is 16.4. The van der Waals surface area contributed by atoms with Gasteiger partial charge in [0, 0.05) is 31.4 Å². The Bertz CT molecular complexity index is 377. The molecule has 1 rings (SSSR count). The Labute approximate surface area is 108 Å². The summed E-state index contributed by atoms with van der Waals surface area (Å²) in [5.74, 6) is -0.360. The van der Waals surface area contributed by atoms with E-state index in [0.717, 1.165) is 6.66 Å². The van der Waals surface area contributed by atoms with Crippen molar-refractivity contribution in [1.29, 1.82) is 0 Å². The molecule has 0 saturated carbocycles. The van der Waals surface area contributed by atoms with Gasteiger partial charge in [0.05, 0.1) is 12.7 Å². The first-order chi connectivity index (χ1) is 7.99. The van der Waals surface area contributed by atoms with Gasteiger partial charge in [-0.1, -0.05) is 6.92 Å². The molecule has 1 fully saturated rings. The van der Waals surface area contributed by atoms with Crippen LogP contribution >= 0.6 is 15.0 Å². The second-order valence-corrected chi connectivity index (χ2v) is 9.33. The molecule has 0 bridgehead atoms. The average molecular weight is 296 g/mol. The summed E-state index contributed by atoms with van der Waals surface area (Å²) in [6, 6.07) is -0.551. The number of hydrogen-bond acceptors (Lipinski definition) is 4. The van der Waals surface area contributed by atoms with Crippen molar-refractivity contribution in [2.45, 2.75) is 19.0 Å². The second kappa shape index (κ2) is 5.78. The predicted octanol–water partition coefficient (Wildman–Crippen LogP) is 0.864. The minimum absolute atomic E-state index is 0.0648. The highest BCUT2D eigenvalue weighted by Gasteiger charge is 2.42. The third-order valence-electron chi connectivity index (χ3n) is 3.03. The molecule has 18 heavy (non-hydrogen) atoms. The molecule has 6 nitrogen and oxygen atoms in total. The van der Waals surface area contributed by atoms with Crippen LogP contribution in [-0.4, -0.2) is 55.8 Å². The van der Waals surface area contributed by atoms with Crippen LogP contribution in [0.3, 0.4) is 0 Å². The van der Waals surface area contributed by atoms with E-state index in [4.69, 9.17) is 22.0 Å². The largest absolute Gasteiger partial charge is 0.382 e. The van der Waals surface area contributed by atoms with Crippen molar-refractivity contribution in [2.24, 2.45) is 11.8 Å². The molecule has 104 valence electrons. The van der Waals surface area contributed by atoms with E-state index in [9.17, 15) is 14.0 Å². The van der Waals surface area contributed by atoms with Gasteiger partial charge >= 0.3 is 7.60 Å². The van der Waals surface area contributed by atoms with Crippen LogP contribution in [0, 0.1) is 11.8 Å². The Balaban J connectivity index is 2.70. The molecule has 0 spiro atoms. The van der Waals surface area contributed by atoms with Crippen molar-refractivity contribution in [1.82, 2.24) is 0 Å². The zero-order valence-corrected chi connectivity index (χ0v) is 12.5. The molecule has 9 heteroatoms. The van der Waals surface area contributed by atoms with Gasteiger partial charge in [-0.25, -0.2) is 0 Å². The first-order valence-corrected chi connectivity index (χ1v) is 9.96. The van der Waals surface area contributed by atoms with E-state index in [1.54, 1.807) is 0 Å². The van der Waals surface area contributed by atoms with E-state index in [-0.39, 0.29) is 24.6 Å². The zero-order valence-electron chi connectivity index (χ0n) is 10.7. The minimum Gasteiger partial charge on any atom is -0.382 e. The summed E-state index contributed by atoms with van der Waals surface area (Å²) in [4.78, 5) is 18.5. The fraction of sp³-hybridized carbons (Fsp3) is 1.00. The maximum Gasteiger partial charge on any atom is 0.325 e. The summed E-state index contributed by atoms with van der Waals surface area (Å²) in [5, 5.41) is 0. The normalized spacial score (nSPS) is 39.2. The highest BCUT2D eigenvalue weighted by atomic mass is 31.2. The molecule has 0 aromatic heterocycles. The van der Waals surface area contributed by atoms with Gasteiger partial charge in [-0.05, 0) is 5.92 Å². The highest BCUT2D eigenvalue weighted by molar-refractivity contribution is 7.57. The SMILES string of the molecule is [B][C@@H]1O[C@H](COP(C)(=O)O)C(CP(C)(=O)O)C1C. The van der Waals surface area contributed by atoms with Crippen LogP contribution in [0.1, 0.15) is 6.92 Å². The van der Waals surface area contributed by atoms with E-state index >= 15 is 0 Å². The Kier molecular flexibility index (Phi) is 5.27. The predicted molar refractivity (Wildman–Crippen MR) is 69.4 cm³/mol. The van der Waals surface area contributed by atoms with Gasteiger partial charge in [0.1, 0.15) is 7.85 Å². The van der Waals surface area contributed by atoms with Gasteiger partial charge in [-0.3, -0.25) is 9.13 Å². The molecule has 0 aromatic rings. The van der Waals surface area contributed by atoms with Crippen molar-refractivity contribution in [2.75, 3.05) is 26.1 Å². The van der Waals surface area contributed by atoms with Gasteiger partial charge in [-0.15, -0.1) is 0 Å². The zero-order chi connectivity index (χ0) is 14.1. The van der Waals surface area contributed by atoms with Crippen molar-refractivity contribution in [3.05, 3.63) is 0 Å². The Morgan fingerprint density at radius 1 is 1.33 bits per heavy atom. The lowest BCUT2D eigenvalue weighted by Gasteiger charge is -2.22. The van der Waals surface area contributed by atoms with E-state index < -0.39 is 27.1 Å². The molecule has 0 aliphatic carbocycles. The van der Waals surface area contributed by atoms with Gasteiger partial charge in [0.25, 0.3) is 0 Å². The maximum absolute atomic E-state index is 11.5.